The van der Waals surface area contributed by atoms with Crippen LogP contribution in [0.2, 0.25) is 5.02 Å². The Morgan fingerprint density at radius 3 is 2.15 bits per heavy atom. The molecule has 0 aromatic heterocycles. The zero-order valence-corrected chi connectivity index (χ0v) is 34.3. The van der Waals surface area contributed by atoms with E-state index in [1.807, 2.05) is 29.2 Å². The molecule has 4 heterocycles. The van der Waals surface area contributed by atoms with Gasteiger partial charge in [-0.1, -0.05) is 39.3 Å². The number of benzene rings is 3. The van der Waals surface area contributed by atoms with E-state index in [2.05, 4.69) is 54.2 Å². The molecule has 2 N–H and O–H groups in total. The Morgan fingerprint density at radius 2 is 1.53 bits per heavy atom. The van der Waals surface area contributed by atoms with Crippen molar-refractivity contribution >= 4 is 52.5 Å². The summed E-state index contributed by atoms with van der Waals surface area (Å²) in [5, 5.41) is 15.0. The van der Waals surface area contributed by atoms with Gasteiger partial charge in [0.25, 0.3) is 17.7 Å². The van der Waals surface area contributed by atoms with Crippen molar-refractivity contribution in [3.8, 4) is 11.8 Å². The largest absolute Gasteiger partial charge is 0.489 e. The first-order chi connectivity index (χ1) is 28.1. The van der Waals surface area contributed by atoms with Crippen molar-refractivity contribution in [3.05, 3.63) is 87.7 Å². The third-order valence-corrected chi connectivity index (χ3v) is 13.4. The highest BCUT2D eigenvalue weighted by molar-refractivity contribution is 6.31. The summed E-state index contributed by atoms with van der Waals surface area (Å²) in [6, 6.07) is 16.7. The molecular weight excluding hydrogens is 777 g/mol. The van der Waals surface area contributed by atoms with Gasteiger partial charge in [0, 0.05) is 91.6 Å². The summed E-state index contributed by atoms with van der Waals surface area (Å²) in [5.74, 6) is -3.13. The fourth-order valence-electron chi connectivity index (χ4n) is 10.2. The summed E-state index contributed by atoms with van der Waals surface area (Å²) in [4.78, 5) is 71.7. The molecule has 1 atom stereocenters. The third-order valence-electron chi connectivity index (χ3n) is 13.1. The van der Waals surface area contributed by atoms with Crippen LogP contribution in [0.5, 0.6) is 5.75 Å². The lowest BCUT2D eigenvalue weighted by Crippen LogP contribution is -2.74. The smallest absolute Gasteiger partial charge is 0.265 e. The quantitative estimate of drug-likeness (QED) is 0.292. The molecule has 1 aliphatic carbocycles. The number of rotatable bonds is 8. The average Bonchev–Trinajstić information content (AvgIpc) is 3.47. The second-order valence-corrected chi connectivity index (χ2v) is 17.8. The van der Waals surface area contributed by atoms with E-state index in [1.165, 1.54) is 6.07 Å². The summed E-state index contributed by atoms with van der Waals surface area (Å²) in [6.07, 6.45) is 1.50. The maximum Gasteiger partial charge on any atom is 0.265 e. The molecule has 13 nitrogen and oxygen atoms in total. The van der Waals surface area contributed by atoms with Gasteiger partial charge < -0.3 is 19.9 Å². The molecule has 308 valence electrons. The van der Waals surface area contributed by atoms with Crippen LogP contribution in [-0.2, 0) is 9.59 Å². The molecule has 1 unspecified atom stereocenters. The molecule has 59 heavy (non-hydrogen) atoms. The van der Waals surface area contributed by atoms with Crippen molar-refractivity contribution < 1.29 is 33.1 Å². The normalized spacial score (nSPS) is 24.3. The number of imide groups is 2. The molecule has 3 saturated heterocycles. The molecule has 4 fully saturated rings. The van der Waals surface area contributed by atoms with Crippen molar-refractivity contribution in [1.29, 1.82) is 5.26 Å². The van der Waals surface area contributed by atoms with E-state index in [9.17, 15) is 29.2 Å². The number of hydrogen-bond donors (Lipinski definition) is 2. The molecule has 3 aromatic carbocycles. The zero-order chi connectivity index (χ0) is 42.0. The monoisotopic (exact) mass is 823 g/mol. The van der Waals surface area contributed by atoms with E-state index in [-0.39, 0.29) is 52.9 Å². The molecule has 3 aromatic rings. The molecule has 5 aliphatic rings. The van der Waals surface area contributed by atoms with Crippen molar-refractivity contribution in [2.24, 2.45) is 10.8 Å². The van der Waals surface area contributed by atoms with E-state index in [1.54, 1.807) is 24.3 Å². The van der Waals surface area contributed by atoms with Crippen molar-refractivity contribution in [1.82, 2.24) is 20.4 Å². The molecule has 0 bridgehead atoms. The number of anilines is 2. The zero-order valence-electron chi connectivity index (χ0n) is 33.5. The van der Waals surface area contributed by atoms with Crippen LogP contribution >= 0.6 is 11.6 Å². The minimum Gasteiger partial charge on any atom is -0.489 e. The Labute approximate surface area is 347 Å². The van der Waals surface area contributed by atoms with Crippen LogP contribution < -0.4 is 25.2 Å². The minimum atomic E-state index is -1.15. The maximum atomic E-state index is 15.4. The SMILES string of the molecule is CC1(C)C(NC(=O)c2ccc(N3CCN(C4CCN(c5cc(F)c6c(c5)C(=O)N(C5CCC(=O)NC5=O)C6=O)CC4)CC3)cc2)C(C)(C)C1Oc1ccc(C#N)c(Cl)c1. The number of nitrogens with one attached hydrogen (secondary N) is 2. The van der Waals surface area contributed by atoms with E-state index >= 15 is 4.39 Å². The standard InChI is InChI=1S/C44H47ClFN7O6/c1-43(2)41(44(3,4)42(43)59-30-10-7-26(24-47)32(45)23-30)49-37(55)25-5-8-27(9-6-25)51-17-19-52(20-18-51)28-13-15-50(16-14-28)29-21-31-36(33(46)22-29)40(58)53(39(31)57)34-11-12-35(54)48-38(34)56/h5-10,21-23,28,34,41-42H,11-20H2,1-4H3,(H,49,55)(H,48,54,56). The van der Waals surface area contributed by atoms with Gasteiger partial charge in [0.05, 0.1) is 21.7 Å². The van der Waals surface area contributed by atoms with E-state index in [4.69, 9.17) is 16.3 Å². The van der Waals surface area contributed by atoms with Crippen molar-refractivity contribution in [2.75, 3.05) is 49.1 Å². The second kappa shape index (κ2) is 15.3. The second-order valence-electron chi connectivity index (χ2n) is 17.4. The van der Waals surface area contributed by atoms with Crippen LogP contribution in [0.25, 0.3) is 0 Å². The minimum absolute atomic E-state index is 0.00688. The number of piperazine rings is 1. The number of fused-ring (bicyclic) bond motifs is 1. The fourth-order valence-corrected chi connectivity index (χ4v) is 10.4. The molecule has 5 amide bonds. The van der Waals surface area contributed by atoms with Gasteiger partial charge in [-0.2, -0.15) is 5.26 Å². The fraction of sp³-hybridized carbons (Fsp3) is 0.455. The van der Waals surface area contributed by atoms with Crippen LogP contribution in [0.4, 0.5) is 15.8 Å². The number of nitriles is 1. The highest BCUT2D eigenvalue weighted by Gasteiger charge is 2.64. The Kier molecular flexibility index (Phi) is 10.4. The molecule has 8 rings (SSSR count). The maximum absolute atomic E-state index is 15.4. The first-order valence-corrected chi connectivity index (χ1v) is 20.5. The van der Waals surface area contributed by atoms with Gasteiger partial charge in [-0.15, -0.1) is 0 Å². The summed E-state index contributed by atoms with van der Waals surface area (Å²) < 4.78 is 21.8. The Hall–Kier alpha value is -5.52. The molecule has 15 heteroatoms. The number of nitrogens with zero attached hydrogens (tertiary/aromatic N) is 5. The lowest BCUT2D eigenvalue weighted by atomic mass is 9.49. The third kappa shape index (κ3) is 7.18. The Bertz CT molecular complexity index is 2260. The lowest BCUT2D eigenvalue weighted by molar-refractivity contribution is -0.164. The topological polar surface area (TPSA) is 155 Å². The molecule has 0 radical (unpaired) electrons. The number of carbonyl (C=O) groups is 5. The van der Waals surface area contributed by atoms with Crippen LogP contribution in [0.15, 0.2) is 54.6 Å². The summed E-state index contributed by atoms with van der Waals surface area (Å²) in [7, 11) is 0. The number of carbonyl (C=O) groups excluding carboxylic acids is 5. The number of halogens is 2. The first-order valence-electron chi connectivity index (χ1n) is 20.1. The number of piperidine rings is 2. The van der Waals surface area contributed by atoms with Gasteiger partial charge >= 0.3 is 0 Å². The number of ether oxygens (including phenoxy) is 1. The molecule has 4 aliphatic heterocycles. The average molecular weight is 824 g/mol. The van der Waals surface area contributed by atoms with E-state index in [0.29, 0.717) is 46.7 Å². The number of hydrogen-bond acceptors (Lipinski definition) is 10. The predicted molar refractivity (Wildman–Crippen MR) is 218 cm³/mol. The highest BCUT2D eigenvalue weighted by Crippen LogP contribution is 2.55. The van der Waals surface area contributed by atoms with Crippen molar-refractivity contribution in [2.45, 2.75) is 77.6 Å². The molecule has 0 spiro atoms. The molecular formula is C44H47ClFN7O6. The van der Waals surface area contributed by atoms with Gasteiger partial charge in [0.1, 0.15) is 29.8 Å². The summed E-state index contributed by atoms with van der Waals surface area (Å²) >= 11 is 6.25. The van der Waals surface area contributed by atoms with Gasteiger partial charge in [-0.25, -0.2) is 4.39 Å². The summed E-state index contributed by atoms with van der Waals surface area (Å²) in [5.41, 5.74) is 1.42. The summed E-state index contributed by atoms with van der Waals surface area (Å²) in [6.45, 7) is 13.0. The Balaban J connectivity index is 0.821. The number of amides is 5. The van der Waals surface area contributed by atoms with Gasteiger partial charge in [-0.05, 0) is 67.8 Å². The van der Waals surface area contributed by atoms with E-state index in [0.717, 1.165) is 49.6 Å². The van der Waals surface area contributed by atoms with Crippen LogP contribution in [-0.4, -0.2) is 103 Å². The Morgan fingerprint density at radius 1 is 0.864 bits per heavy atom. The van der Waals surface area contributed by atoms with E-state index < -0.39 is 35.5 Å². The molecule has 1 saturated carbocycles. The van der Waals surface area contributed by atoms with Gasteiger partial charge in [0.2, 0.25) is 11.8 Å². The predicted octanol–water partition coefficient (Wildman–Crippen LogP) is 5.15. The van der Waals surface area contributed by atoms with Crippen LogP contribution in [0.3, 0.4) is 0 Å². The van der Waals surface area contributed by atoms with Crippen LogP contribution in [0, 0.1) is 28.0 Å². The van der Waals surface area contributed by atoms with Crippen molar-refractivity contribution in [3.63, 3.8) is 0 Å². The first kappa shape index (κ1) is 40.3. The van der Waals surface area contributed by atoms with Gasteiger partial charge in [-0.3, -0.25) is 39.1 Å². The lowest BCUT2D eigenvalue weighted by Gasteiger charge is -2.63. The van der Waals surface area contributed by atoms with Gasteiger partial charge in [0.15, 0.2) is 0 Å². The highest BCUT2D eigenvalue weighted by atomic mass is 35.5. The van der Waals surface area contributed by atoms with Crippen LogP contribution in [0.1, 0.15) is 90.0 Å².